The maximum atomic E-state index is 12.8. The molecule has 3 rings (SSSR count). The topological polar surface area (TPSA) is 80.8 Å². The number of anilines is 1. The van der Waals surface area contributed by atoms with Crippen molar-refractivity contribution in [1.82, 2.24) is 10.3 Å². The van der Waals surface area contributed by atoms with E-state index < -0.39 is 6.09 Å². The predicted octanol–water partition coefficient (Wildman–Crippen LogP) is 3.80. The van der Waals surface area contributed by atoms with Crippen LogP contribution in [0.1, 0.15) is 36.7 Å². The molecule has 0 radical (unpaired) electrons. The number of carbonyl (C=O) groups excluding carboxylic acids is 2. The number of hydrogen-bond acceptors (Lipinski definition) is 5. The summed E-state index contributed by atoms with van der Waals surface area (Å²) in [7, 11) is 1.60. The molecule has 1 aliphatic rings. The molecular formula is C23H29N3O4. The number of aryl methyl sites for hydroxylation is 1. The number of amides is 2. The molecule has 30 heavy (non-hydrogen) atoms. The standard InChI is InChI=1S/C23H29N3O4/c1-14(2)21-13-30-23(28)26(21)19-9-17(20-7-6-15(3)11-24-20)8-18(10-19)22(27)25-12-16(4)29-5/h6-11,14,16,21H,12-13H2,1-5H3,(H,25,27). The molecule has 2 atom stereocenters. The smallest absolute Gasteiger partial charge is 0.414 e. The SMILES string of the molecule is COC(C)CNC(=O)c1cc(-c2ccc(C)cn2)cc(N2C(=O)OCC2C(C)C)c1. The van der Waals surface area contributed by atoms with Crippen LogP contribution in [-0.4, -0.2) is 49.4 Å². The Hall–Kier alpha value is -2.93. The Balaban J connectivity index is 2.03. The summed E-state index contributed by atoms with van der Waals surface area (Å²) in [5.41, 5.74) is 3.62. The monoisotopic (exact) mass is 411 g/mol. The van der Waals surface area contributed by atoms with Crippen molar-refractivity contribution in [3.8, 4) is 11.3 Å². The molecule has 1 aromatic heterocycles. The van der Waals surface area contributed by atoms with Crippen LogP contribution in [0.2, 0.25) is 0 Å². The maximum Gasteiger partial charge on any atom is 0.414 e. The fourth-order valence-electron chi connectivity index (χ4n) is 3.31. The molecule has 2 unspecified atom stereocenters. The maximum absolute atomic E-state index is 12.8. The van der Waals surface area contributed by atoms with Gasteiger partial charge in [-0.25, -0.2) is 4.79 Å². The molecule has 1 N–H and O–H groups in total. The van der Waals surface area contributed by atoms with Gasteiger partial charge in [-0.3, -0.25) is 14.7 Å². The molecule has 1 saturated heterocycles. The van der Waals surface area contributed by atoms with E-state index in [9.17, 15) is 9.59 Å². The first kappa shape index (κ1) is 21.8. The second-order valence-electron chi connectivity index (χ2n) is 8.00. The average Bonchev–Trinajstić information content (AvgIpc) is 3.13. The summed E-state index contributed by atoms with van der Waals surface area (Å²) in [4.78, 5) is 31.5. The van der Waals surface area contributed by atoms with Crippen LogP contribution in [0, 0.1) is 12.8 Å². The zero-order valence-electron chi connectivity index (χ0n) is 18.1. The fourth-order valence-corrected chi connectivity index (χ4v) is 3.31. The summed E-state index contributed by atoms with van der Waals surface area (Å²) in [5, 5.41) is 2.88. The number of nitrogens with zero attached hydrogens (tertiary/aromatic N) is 2. The minimum atomic E-state index is -0.401. The van der Waals surface area contributed by atoms with E-state index in [4.69, 9.17) is 9.47 Å². The first-order valence-corrected chi connectivity index (χ1v) is 10.1. The van der Waals surface area contributed by atoms with E-state index in [0.29, 0.717) is 24.4 Å². The third kappa shape index (κ3) is 4.79. The molecule has 160 valence electrons. The quantitative estimate of drug-likeness (QED) is 0.749. The Morgan fingerprint density at radius 1 is 1.30 bits per heavy atom. The van der Waals surface area contributed by atoms with Gasteiger partial charge in [-0.1, -0.05) is 19.9 Å². The van der Waals surface area contributed by atoms with E-state index in [-0.39, 0.29) is 24.0 Å². The van der Waals surface area contributed by atoms with E-state index >= 15 is 0 Å². The van der Waals surface area contributed by atoms with Crippen LogP contribution in [0.4, 0.5) is 10.5 Å². The van der Waals surface area contributed by atoms with Crippen LogP contribution in [-0.2, 0) is 9.47 Å². The van der Waals surface area contributed by atoms with Crippen LogP contribution in [0.25, 0.3) is 11.3 Å². The summed E-state index contributed by atoms with van der Waals surface area (Å²) in [6, 6.07) is 9.19. The van der Waals surface area contributed by atoms with Crippen molar-refractivity contribution in [2.45, 2.75) is 39.8 Å². The number of cyclic esters (lactones) is 1. The molecule has 2 amide bonds. The van der Waals surface area contributed by atoms with Crippen molar-refractivity contribution in [3.05, 3.63) is 47.7 Å². The highest BCUT2D eigenvalue weighted by atomic mass is 16.6. The molecule has 0 saturated carbocycles. The largest absolute Gasteiger partial charge is 0.447 e. The van der Waals surface area contributed by atoms with Gasteiger partial charge in [0.15, 0.2) is 0 Å². The van der Waals surface area contributed by atoms with Crippen molar-refractivity contribution in [2.24, 2.45) is 5.92 Å². The van der Waals surface area contributed by atoms with Gasteiger partial charge in [-0.05, 0) is 49.6 Å². The third-order valence-corrected chi connectivity index (χ3v) is 5.29. The number of rotatable bonds is 7. The molecular weight excluding hydrogens is 382 g/mol. The molecule has 7 heteroatoms. The second kappa shape index (κ2) is 9.26. The van der Waals surface area contributed by atoms with Crippen molar-refractivity contribution in [1.29, 1.82) is 0 Å². The molecule has 1 aromatic carbocycles. The van der Waals surface area contributed by atoms with Crippen molar-refractivity contribution in [2.75, 3.05) is 25.2 Å². The summed E-state index contributed by atoms with van der Waals surface area (Å²) in [6.45, 7) is 8.66. The fraction of sp³-hybridized carbons (Fsp3) is 0.435. The second-order valence-corrected chi connectivity index (χ2v) is 8.00. The van der Waals surface area contributed by atoms with Gasteiger partial charge in [-0.15, -0.1) is 0 Å². The Morgan fingerprint density at radius 2 is 2.07 bits per heavy atom. The van der Waals surface area contributed by atoms with Gasteiger partial charge in [0.25, 0.3) is 5.91 Å². The molecule has 0 bridgehead atoms. The van der Waals surface area contributed by atoms with E-state index in [1.807, 2.05) is 45.9 Å². The zero-order chi connectivity index (χ0) is 21.8. The highest BCUT2D eigenvalue weighted by molar-refractivity contribution is 5.99. The molecule has 2 heterocycles. The normalized spacial score (nSPS) is 17.2. The van der Waals surface area contributed by atoms with Crippen molar-refractivity contribution < 1.29 is 19.1 Å². The summed E-state index contributed by atoms with van der Waals surface area (Å²) in [5.74, 6) is -0.0276. The number of carbonyl (C=O) groups is 2. The van der Waals surface area contributed by atoms with Crippen LogP contribution in [0.5, 0.6) is 0 Å². The van der Waals surface area contributed by atoms with Gasteiger partial charge in [-0.2, -0.15) is 0 Å². The number of hydrogen-bond donors (Lipinski definition) is 1. The lowest BCUT2D eigenvalue weighted by Gasteiger charge is -2.25. The van der Waals surface area contributed by atoms with Gasteiger partial charge in [0, 0.05) is 36.7 Å². The molecule has 1 aliphatic heterocycles. The predicted molar refractivity (Wildman–Crippen MR) is 116 cm³/mol. The Bertz CT molecular complexity index is 911. The van der Waals surface area contributed by atoms with Crippen LogP contribution in [0.3, 0.4) is 0 Å². The molecule has 7 nitrogen and oxygen atoms in total. The number of benzene rings is 1. The molecule has 0 spiro atoms. The first-order chi connectivity index (χ1) is 14.3. The van der Waals surface area contributed by atoms with Crippen LogP contribution in [0.15, 0.2) is 36.5 Å². The highest BCUT2D eigenvalue weighted by Gasteiger charge is 2.36. The Labute approximate surface area is 177 Å². The molecule has 2 aromatic rings. The van der Waals surface area contributed by atoms with E-state index in [1.54, 1.807) is 30.3 Å². The molecule has 1 fully saturated rings. The van der Waals surface area contributed by atoms with E-state index in [1.165, 1.54) is 0 Å². The van der Waals surface area contributed by atoms with Gasteiger partial charge >= 0.3 is 6.09 Å². The minimum absolute atomic E-state index is 0.0943. The van der Waals surface area contributed by atoms with Crippen LogP contribution >= 0.6 is 0 Å². The highest BCUT2D eigenvalue weighted by Crippen LogP contribution is 2.32. The lowest BCUT2D eigenvalue weighted by molar-refractivity contribution is 0.0870. The summed E-state index contributed by atoms with van der Waals surface area (Å²) in [6.07, 6.45) is 1.28. The number of ether oxygens (including phenoxy) is 2. The number of nitrogens with one attached hydrogen (secondary N) is 1. The minimum Gasteiger partial charge on any atom is -0.447 e. The third-order valence-electron chi connectivity index (χ3n) is 5.29. The first-order valence-electron chi connectivity index (χ1n) is 10.1. The van der Waals surface area contributed by atoms with Gasteiger partial charge in [0.1, 0.15) is 6.61 Å². The van der Waals surface area contributed by atoms with Gasteiger partial charge in [0.05, 0.1) is 17.8 Å². The Kier molecular flexibility index (Phi) is 6.72. The number of methoxy groups -OCH3 is 1. The average molecular weight is 412 g/mol. The van der Waals surface area contributed by atoms with E-state index in [2.05, 4.69) is 10.3 Å². The van der Waals surface area contributed by atoms with Crippen LogP contribution < -0.4 is 10.2 Å². The Morgan fingerprint density at radius 3 is 2.70 bits per heavy atom. The molecule has 0 aliphatic carbocycles. The lowest BCUT2D eigenvalue weighted by atomic mass is 10.0. The van der Waals surface area contributed by atoms with E-state index in [0.717, 1.165) is 16.8 Å². The number of aromatic nitrogens is 1. The van der Waals surface area contributed by atoms with Crippen molar-refractivity contribution in [3.63, 3.8) is 0 Å². The van der Waals surface area contributed by atoms with Gasteiger partial charge in [0.2, 0.25) is 0 Å². The zero-order valence-corrected chi connectivity index (χ0v) is 18.1. The number of pyridine rings is 1. The van der Waals surface area contributed by atoms with Crippen molar-refractivity contribution >= 4 is 17.7 Å². The van der Waals surface area contributed by atoms with Gasteiger partial charge < -0.3 is 14.8 Å². The summed E-state index contributed by atoms with van der Waals surface area (Å²) >= 11 is 0. The summed E-state index contributed by atoms with van der Waals surface area (Å²) < 4.78 is 10.5. The lowest BCUT2D eigenvalue weighted by Crippen LogP contribution is -2.37.